The summed E-state index contributed by atoms with van der Waals surface area (Å²) in [6.07, 6.45) is 8.14. The van der Waals surface area contributed by atoms with Crippen LogP contribution < -0.4 is 5.32 Å². The number of halogens is 2. The van der Waals surface area contributed by atoms with E-state index in [9.17, 15) is 8.78 Å². The van der Waals surface area contributed by atoms with E-state index in [-0.39, 0.29) is 6.04 Å². The molecule has 0 amide bonds. The summed E-state index contributed by atoms with van der Waals surface area (Å²) < 4.78 is 28.8. The lowest BCUT2D eigenvalue weighted by atomic mass is 9.93. The molecule has 0 aromatic heterocycles. The normalized spacial score (nSPS) is 19.2. The minimum absolute atomic E-state index is 0.278. The van der Waals surface area contributed by atoms with Crippen molar-refractivity contribution in [3.63, 3.8) is 0 Å². The van der Waals surface area contributed by atoms with Gasteiger partial charge < -0.3 is 10.1 Å². The molecular formula is C14H25F2NO. The van der Waals surface area contributed by atoms with Crippen LogP contribution >= 0.6 is 0 Å². The molecule has 1 rings (SSSR count). The average molecular weight is 261 g/mol. The van der Waals surface area contributed by atoms with E-state index in [1.165, 1.54) is 31.3 Å². The summed E-state index contributed by atoms with van der Waals surface area (Å²) in [6.45, 7) is -0.0529. The highest BCUT2D eigenvalue weighted by molar-refractivity contribution is 5.11. The van der Waals surface area contributed by atoms with Crippen molar-refractivity contribution < 1.29 is 13.5 Å². The molecule has 0 saturated carbocycles. The van der Waals surface area contributed by atoms with E-state index in [1.807, 2.05) is 7.05 Å². The Labute approximate surface area is 109 Å². The second kappa shape index (κ2) is 9.45. The molecule has 0 saturated heterocycles. The van der Waals surface area contributed by atoms with Crippen LogP contribution in [0.15, 0.2) is 11.6 Å². The highest BCUT2D eigenvalue weighted by Gasteiger charge is 2.13. The highest BCUT2D eigenvalue weighted by atomic mass is 19.3. The van der Waals surface area contributed by atoms with Crippen LogP contribution in [-0.2, 0) is 4.74 Å². The molecule has 0 radical (unpaired) electrons. The zero-order valence-electron chi connectivity index (χ0n) is 11.3. The molecule has 0 aromatic carbocycles. The van der Waals surface area contributed by atoms with Crippen LogP contribution in [0.2, 0.25) is 0 Å². The zero-order valence-corrected chi connectivity index (χ0v) is 11.3. The summed E-state index contributed by atoms with van der Waals surface area (Å²) in [7, 11) is 1.93. The third-order valence-corrected chi connectivity index (χ3v) is 3.42. The quantitative estimate of drug-likeness (QED) is 0.559. The van der Waals surface area contributed by atoms with Gasteiger partial charge in [-0.05, 0) is 39.2 Å². The second-order valence-corrected chi connectivity index (χ2v) is 4.83. The average Bonchev–Trinajstić information content (AvgIpc) is 2.30. The second-order valence-electron chi connectivity index (χ2n) is 4.83. The lowest BCUT2D eigenvalue weighted by molar-refractivity contribution is 0.0153. The highest BCUT2D eigenvalue weighted by Crippen LogP contribution is 2.21. The van der Waals surface area contributed by atoms with Crippen molar-refractivity contribution >= 4 is 0 Å². The molecule has 1 aliphatic rings. The SMILES string of the molecule is CNC(CCOCC(F)F)C1=CCCCCCC1. The molecule has 1 aliphatic carbocycles. The molecule has 2 nitrogen and oxygen atoms in total. The fourth-order valence-electron chi connectivity index (χ4n) is 2.42. The number of hydrogen-bond donors (Lipinski definition) is 1. The summed E-state index contributed by atoms with van der Waals surface area (Å²) in [5.74, 6) is 0. The first-order chi connectivity index (χ1) is 8.74. The van der Waals surface area contributed by atoms with Crippen LogP contribution in [0.4, 0.5) is 8.78 Å². The summed E-state index contributed by atoms with van der Waals surface area (Å²) >= 11 is 0. The van der Waals surface area contributed by atoms with Gasteiger partial charge in [0.05, 0.1) is 0 Å². The molecule has 0 bridgehead atoms. The number of allylic oxidation sites excluding steroid dienone is 1. The van der Waals surface area contributed by atoms with Crippen molar-refractivity contribution in [3.8, 4) is 0 Å². The zero-order chi connectivity index (χ0) is 13.2. The van der Waals surface area contributed by atoms with Gasteiger partial charge in [-0.3, -0.25) is 0 Å². The van der Waals surface area contributed by atoms with E-state index in [4.69, 9.17) is 4.74 Å². The summed E-state index contributed by atoms with van der Waals surface area (Å²) in [5, 5.41) is 3.27. The van der Waals surface area contributed by atoms with Crippen LogP contribution in [-0.4, -0.2) is 32.7 Å². The fraction of sp³-hybridized carbons (Fsp3) is 0.857. The van der Waals surface area contributed by atoms with Crippen LogP contribution in [0.3, 0.4) is 0 Å². The molecule has 1 atom stereocenters. The van der Waals surface area contributed by atoms with Gasteiger partial charge in [-0.2, -0.15) is 0 Å². The predicted octanol–water partition coefficient (Wildman–Crippen LogP) is 3.53. The van der Waals surface area contributed by atoms with E-state index in [1.54, 1.807) is 0 Å². The number of alkyl halides is 2. The topological polar surface area (TPSA) is 21.3 Å². The van der Waals surface area contributed by atoms with Crippen molar-refractivity contribution in [1.29, 1.82) is 0 Å². The molecule has 1 unspecified atom stereocenters. The number of rotatable bonds is 7. The van der Waals surface area contributed by atoms with Gasteiger partial charge in [0.25, 0.3) is 6.43 Å². The lowest BCUT2D eigenvalue weighted by Gasteiger charge is -2.21. The van der Waals surface area contributed by atoms with E-state index >= 15 is 0 Å². The molecule has 106 valence electrons. The van der Waals surface area contributed by atoms with Crippen molar-refractivity contribution in [2.24, 2.45) is 0 Å². The molecule has 18 heavy (non-hydrogen) atoms. The fourth-order valence-corrected chi connectivity index (χ4v) is 2.42. The number of nitrogens with one attached hydrogen (secondary N) is 1. The maximum Gasteiger partial charge on any atom is 0.261 e. The van der Waals surface area contributed by atoms with Gasteiger partial charge in [0.2, 0.25) is 0 Å². The largest absolute Gasteiger partial charge is 0.375 e. The van der Waals surface area contributed by atoms with E-state index in [2.05, 4.69) is 11.4 Å². The van der Waals surface area contributed by atoms with E-state index in [0.717, 1.165) is 19.3 Å². The first kappa shape index (κ1) is 15.6. The van der Waals surface area contributed by atoms with Crippen molar-refractivity contribution in [2.75, 3.05) is 20.3 Å². The van der Waals surface area contributed by atoms with Crippen LogP contribution in [0, 0.1) is 0 Å². The minimum Gasteiger partial charge on any atom is -0.375 e. The molecule has 0 spiro atoms. The van der Waals surface area contributed by atoms with Gasteiger partial charge in [0.1, 0.15) is 6.61 Å². The monoisotopic (exact) mass is 261 g/mol. The smallest absolute Gasteiger partial charge is 0.261 e. The Kier molecular flexibility index (Phi) is 8.18. The maximum atomic E-state index is 11.9. The van der Waals surface area contributed by atoms with Gasteiger partial charge in [-0.1, -0.05) is 24.5 Å². The molecule has 4 heteroatoms. The number of ether oxygens (including phenoxy) is 1. The third-order valence-electron chi connectivity index (χ3n) is 3.42. The first-order valence-corrected chi connectivity index (χ1v) is 6.96. The van der Waals surface area contributed by atoms with E-state index in [0.29, 0.717) is 6.61 Å². The molecular weight excluding hydrogens is 236 g/mol. The minimum atomic E-state index is -2.36. The summed E-state index contributed by atoms with van der Waals surface area (Å²) in [5.41, 5.74) is 1.43. The Morgan fingerprint density at radius 2 is 2.06 bits per heavy atom. The molecule has 0 fully saturated rings. The summed E-state index contributed by atoms with van der Waals surface area (Å²) in [4.78, 5) is 0. The van der Waals surface area contributed by atoms with Crippen molar-refractivity contribution in [1.82, 2.24) is 5.32 Å². The van der Waals surface area contributed by atoms with Crippen LogP contribution in [0.1, 0.15) is 44.9 Å². The molecule has 0 heterocycles. The molecule has 0 aliphatic heterocycles. The predicted molar refractivity (Wildman–Crippen MR) is 70.1 cm³/mol. The van der Waals surface area contributed by atoms with Crippen molar-refractivity contribution in [2.45, 2.75) is 57.4 Å². The molecule has 0 aromatic rings. The maximum absolute atomic E-state index is 11.9. The first-order valence-electron chi connectivity index (χ1n) is 6.96. The van der Waals surface area contributed by atoms with Crippen LogP contribution in [0.5, 0.6) is 0 Å². The van der Waals surface area contributed by atoms with Gasteiger partial charge >= 0.3 is 0 Å². The summed E-state index contributed by atoms with van der Waals surface area (Å²) in [6, 6.07) is 0.278. The van der Waals surface area contributed by atoms with Crippen LogP contribution in [0.25, 0.3) is 0 Å². The van der Waals surface area contributed by atoms with Crippen molar-refractivity contribution in [3.05, 3.63) is 11.6 Å². The van der Waals surface area contributed by atoms with Gasteiger partial charge in [0.15, 0.2) is 0 Å². The Hall–Kier alpha value is -0.480. The Bertz CT molecular complexity index is 244. The Balaban J connectivity index is 2.33. The Morgan fingerprint density at radius 1 is 1.28 bits per heavy atom. The van der Waals surface area contributed by atoms with Gasteiger partial charge in [0, 0.05) is 12.6 Å². The number of likely N-dealkylation sites (N-methyl/N-ethyl adjacent to an activating group) is 1. The standard InChI is InChI=1S/C14H25F2NO/c1-17-13(9-10-18-11-14(15)16)12-7-5-3-2-4-6-8-12/h7,13-14,17H,2-6,8-11H2,1H3. The van der Waals surface area contributed by atoms with E-state index < -0.39 is 13.0 Å². The van der Waals surface area contributed by atoms with Gasteiger partial charge in [-0.25, -0.2) is 8.78 Å². The molecule has 1 N–H and O–H groups in total. The lowest BCUT2D eigenvalue weighted by Crippen LogP contribution is -2.29. The van der Waals surface area contributed by atoms with Gasteiger partial charge in [-0.15, -0.1) is 0 Å². The third kappa shape index (κ3) is 6.45. The number of hydrogen-bond acceptors (Lipinski definition) is 2. The Morgan fingerprint density at radius 3 is 2.78 bits per heavy atom.